The topological polar surface area (TPSA) is 87.7 Å². The first kappa shape index (κ1) is 24.6. The lowest BCUT2D eigenvalue weighted by Gasteiger charge is -2.34. The molecule has 0 radical (unpaired) electrons. The summed E-state index contributed by atoms with van der Waals surface area (Å²) in [7, 11) is 0. The minimum Gasteiger partial charge on any atom is -0.444 e. The largest absolute Gasteiger partial charge is 0.444 e. The number of benzene rings is 1. The number of ether oxygens (including phenoxy) is 1. The Kier molecular flexibility index (Phi) is 8.01. The zero-order chi connectivity index (χ0) is 24.0. The minimum absolute atomic E-state index is 0.0640. The van der Waals surface area contributed by atoms with Crippen LogP contribution in [0.4, 0.5) is 4.79 Å². The molecule has 2 N–H and O–H groups in total. The third kappa shape index (κ3) is 6.98. The molecule has 178 valence electrons. The number of hydrogen-bond acceptors (Lipinski definition) is 4. The molecule has 0 saturated heterocycles. The van der Waals surface area contributed by atoms with E-state index in [1.807, 2.05) is 18.2 Å². The molecule has 0 aliphatic heterocycles. The van der Waals surface area contributed by atoms with Gasteiger partial charge in [0.1, 0.15) is 18.2 Å². The minimum atomic E-state index is -0.848. The van der Waals surface area contributed by atoms with Gasteiger partial charge in [0, 0.05) is 17.6 Å². The lowest BCUT2D eigenvalue weighted by Crippen LogP contribution is -2.50. The zero-order valence-corrected chi connectivity index (χ0v) is 19.9. The predicted octanol–water partition coefficient (Wildman–Crippen LogP) is 3.67. The van der Waals surface area contributed by atoms with Crippen LogP contribution in [0.5, 0.6) is 0 Å². The number of amides is 3. The van der Waals surface area contributed by atoms with Gasteiger partial charge >= 0.3 is 6.09 Å². The highest BCUT2D eigenvalue weighted by Crippen LogP contribution is 2.36. The summed E-state index contributed by atoms with van der Waals surface area (Å²) >= 11 is 0. The van der Waals surface area contributed by atoms with Crippen molar-refractivity contribution in [3.8, 4) is 12.3 Å². The van der Waals surface area contributed by atoms with Gasteiger partial charge in [0.2, 0.25) is 11.8 Å². The average Bonchev–Trinajstić information content (AvgIpc) is 3.60. The molecule has 2 saturated carbocycles. The van der Waals surface area contributed by atoms with Crippen molar-refractivity contribution in [1.29, 1.82) is 0 Å². The van der Waals surface area contributed by atoms with Crippen LogP contribution >= 0.6 is 0 Å². The predicted molar refractivity (Wildman–Crippen MR) is 126 cm³/mol. The molecule has 3 rings (SSSR count). The number of carbonyl (C=O) groups excluding carboxylic acids is 3. The summed E-state index contributed by atoms with van der Waals surface area (Å²) in [6.07, 6.45) is 11.9. The van der Waals surface area contributed by atoms with E-state index in [4.69, 9.17) is 11.2 Å². The maximum Gasteiger partial charge on any atom is 0.408 e. The zero-order valence-electron chi connectivity index (χ0n) is 19.9. The lowest BCUT2D eigenvalue weighted by atomic mass is 9.93. The van der Waals surface area contributed by atoms with Crippen molar-refractivity contribution in [2.45, 2.75) is 89.4 Å². The standard InChI is InChI=1S/C26H35N3O4/c1-5-18-11-9-10-14-21(18)23(24(31)28-19-12-7-6-8-13-19)29(20-15-16-20)22(30)17-27-25(32)33-26(2,3)4/h1,9-11,14,19-20,23H,6-8,12-13,15-17H2,2-4H3,(H,27,32)(H,28,31). The van der Waals surface area contributed by atoms with Crippen molar-refractivity contribution in [2.24, 2.45) is 0 Å². The van der Waals surface area contributed by atoms with Crippen LogP contribution in [-0.2, 0) is 14.3 Å². The molecule has 1 atom stereocenters. The van der Waals surface area contributed by atoms with E-state index in [2.05, 4.69) is 16.6 Å². The number of nitrogens with zero attached hydrogens (tertiary/aromatic N) is 1. The first-order chi connectivity index (χ1) is 15.7. The van der Waals surface area contributed by atoms with E-state index in [1.165, 1.54) is 6.42 Å². The summed E-state index contributed by atoms with van der Waals surface area (Å²) < 4.78 is 5.25. The summed E-state index contributed by atoms with van der Waals surface area (Å²) in [6, 6.07) is 6.43. The third-order valence-corrected chi connectivity index (χ3v) is 5.90. The molecule has 3 amide bonds. The van der Waals surface area contributed by atoms with Crippen molar-refractivity contribution >= 4 is 17.9 Å². The Hall–Kier alpha value is -3.01. The van der Waals surface area contributed by atoms with Gasteiger partial charge in [-0.2, -0.15) is 0 Å². The molecule has 7 nitrogen and oxygen atoms in total. The highest BCUT2D eigenvalue weighted by molar-refractivity contribution is 5.91. The molecule has 2 aliphatic carbocycles. The fourth-order valence-corrected chi connectivity index (χ4v) is 4.28. The molecule has 2 fully saturated rings. The molecule has 1 aromatic carbocycles. The molecule has 0 aromatic heterocycles. The third-order valence-electron chi connectivity index (χ3n) is 5.90. The van der Waals surface area contributed by atoms with E-state index in [9.17, 15) is 14.4 Å². The Balaban J connectivity index is 1.84. The Morgan fingerprint density at radius 3 is 2.39 bits per heavy atom. The van der Waals surface area contributed by atoms with E-state index >= 15 is 0 Å². The first-order valence-corrected chi connectivity index (χ1v) is 11.8. The molecule has 0 spiro atoms. The second kappa shape index (κ2) is 10.7. The van der Waals surface area contributed by atoms with Gasteiger partial charge in [-0.15, -0.1) is 6.42 Å². The second-order valence-corrected chi connectivity index (χ2v) is 9.87. The van der Waals surface area contributed by atoms with Gasteiger partial charge in [0.15, 0.2) is 0 Å². The maximum absolute atomic E-state index is 13.6. The van der Waals surface area contributed by atoms with Crippen molar-refractivity contribution in [2.75, 3.05) is 6.54 Å². The molecule has 0 bridgehead atoms. The van der Waals surface area contributed by atoms with Crippen molar-refractivity contribution in [3.63, 3.8) is 0 Å². The normalized spacial score (nSPS) is 17.4. The monoisotopic (exact) mass is 453 g/mol. The smallest absolute Gasteiger partial charge is 0.408 e. The van der Waals surface area contributed by atoms with Crippen LogP contribution in [-0.4, -0.2) is 47.0 Å². The van der Waals surface area contributed by atoms with Gasteiger partial charge < -0.3 is 20.3 Å². The fourth-order valence-electron chi connectivity index (χ4n) is 4.28. The van der Waals surface area contributed by atoms with Gasteiger partial charge in [0.25, 0.3) is 0 Å². The number of alkyl carbamates (subject to hydrolysis) is 1. The Labute approximate surface area is 196 Å². The Morgan fingerprint density at radius 2 is 1.79 bits per heavy atom. The van der Waals surface area contributed by atoms with E-state index < -0.39 is 17.7 Å². The summed E-state index contributed by atoms with van der Waals surface area (Å²) in [5, 5.41) is 5.70. The van der Waals surface area contributed by atoms with Crippen LogP contribution in [0.3, 0.4) is 0 Å². The summed E-state index contributed by atoms with van der Waals surface area (Å²) in [5.74, 6) is 2.10. The van der Waals surface area contributed by atoms with E-state index in [0.717, 1.165) is 38.5 Å². The SMILES string of the molecule is C#Cc1ccccc1C(C(=O)NC1CCCCC1)N(C(=O)CNC(=O)OC(C)(C)C)C1CC1. The molecule has 1 unspecified atom stereocenters. The van der Waals surface area contributed by atoms with Crippen LogP contribution in [0.2, 0.25) is 0 Å². The molecule has 1 aromatic rings. The van der Waals surface area contributed by atoms with Crippen LogP contribution in [0.25, 0.3) is 0 Å². The van der Waals surface area contributed by atoms with Crippen LogP contribution in [0.15, 0.2) is 24.3 Å². The van der Waals surface area contributed by atoms with Crippen molar-refractivity contribution in [1.82, 2.24) is 15.5 Å². The van der Waals surface area contributed by atoms with E-state index in [-0.39, 0.29) is 30.4 Å². The Morgan fingerprint density at radius 1 is 1.12 bits per heavy atom. The Bertz CT molecular complexity index is 905. The second-order valence-electron chi connectivity index (χ2n) is 9.87. The van der Waals surface area contributed by atoms with Crippen molar-refractivity contribution in [3.05, 3.63) is 35.4 Å². The summed E-state index contributed by atoms with van der Waals surface area (Å²) in [5.41, 5.74) is 0.544. The van der Waals surface area contributed by atoms with E-state index in [0.29, 0.717) is 11.1 Å². The van der Waals surface area contributed by atoms with Crippen LogP contribution < -0.4 is 10.6 Å². The number of carbonyl (C=O) groups is 3. The number of terminal acetylenes is 1. The summed E-state index contributed by atoms with van der Waals surface area (Å²) in [4.78, 5) is 40.6. The van der Waals surface area contributed by atoms with Gasteiger partial charge in [-0.05, 0) is 58.1 Å². The van der Waals surface area contributed by atoms with Gasteiger partial charge in [-0.25, -0.2) is 4.79 Å². The summed E-state index contributed by atoms with van der Waals surface area (Å²) in [6.45, 7) is 5.02. The quantitative estimate of drug-likeness (QED) is 0.617. The number of nitrogens with one attached hydrogen (secondary N) is 2. The molecule has 2 aliphatic rings. The molecule has 0 heterocycles. The number of rotatable bonds is 7. The van der Waals surface area contributed by atoms with Crippen LogP contribution in [0, 0.1) is 12.3 Å². The fraction of sp³-hybridized carbons (Fsp3) is 0.577. The van der Waals surface area contributed by atoms with Crippen LogP contribution in [0.1, 0.15) is 82.9 Å². The van der Waals surface area contributed by atoms with E-state index in [1.54, 1.807) is 31.7 Å². The highest BCUT2D eigenvalue weighted by atomic mass is 16.6. The van der Waals surface area contributed by atoms with Crippen molar-refractivity contribution < 1.29 is 19.1 Å². The molecular formula is C26H35N3O4. The highest BCUT2D eigenvalue weighted by Gasteiger charge is 2.42. The van der Waals surface area contributed by atoms with Gasteiger partial charge in [0.05, 0.1) is 0 Å². The lowest BCUT2D eigenvalue weighted by molar-refractivity contribution is -0.141. The maximum atomic E-state index is 13.6. The molecular weight excluding hydrogens is 418 g/mol. The van der Waals surface area contributed by atoms with Gasteiger partial charge in [-0.1, -0.05) is 43.4 Å². The average molecular weight is 454 g/mol. The van der Waals surface area contributed by atoms with Gasteiger partial charge in [-0.3, -0.25) is 9.59 Å². The molecule has 33 heavy (non-hydrogen) atoms. The number of hydrogen-bond donors (Lipinski definition) is 2. The molecule has 7 heteroatoms. The first-order valence-electron chi connectivity index (χ1n) is 11.8.